The fourth-order valence-corrected chi connectivity index (χ4v) is 3.33. The summed E-state index contributed by atoms with van der Waals surface area (Å²) < 4.78 is 12.2. The van der Waals surface area contributed by atoms with E-state index < -0.39 is 0 Å². The van der Waals surface area contributed by atoms with E-state index in [9.17, 15) is 4.79 Å². The van der Waals surface area contributed by atoms with E-state index in [0.717, 1.165) is 30.3 Å². The SMILES string of the molecule is CC1(C)OB(c2cccc(CC3(C(N)=O)CCC3)c2)OC1(C)C. The lowest BCUT2D eigenvalue weighted by Crippen LogP contribution is -2.44. The fraction of sp³-hybridized carbons (Fsp3) is 0.611. The largest absolute Gasteiger partial charge is 0.494 e. The van der Waals surface area contributed by atoms with E-state index in [0.29, 0.717) is 6.42 Å². The Morgan fingerprint density at radius 2 is 1.78 bits per heavy atom. The van der Waals surface area contributed by atoms with Gasteiger partial charge in [-0.25, -0.2) is 0 Å². The predicted molar refractivity (Wildman–Crippen MR) is 91.3 cm³/mol. The maximum atomic E-state index is 11.8. The molecule has 1 aromatic rings. The minimum Gasteiger partial charge on any atom is -0.399 e. The highest BCUT2D eigenvalue weighted by Gasteiger charge is 2.51. The summed E-state index contributed by atoms with van der Waals surface area (Å²) in [6.45, 7) is 8.20. The average Bonchev–Trinajstić information content (AvgIpc) is 2.63. The third-order valence-electron chi connectivity index (χ3n) is 5.85. The topological polar surface area (TPSA) is 61.5 Å². The maximum absolute atomic E-state index is 11.8. The van der Waals surface area contributed by atoms with Crippen molar-refractivity contribution >= 4 is 18.5 Å². The van der Waals surface area contributed by atoms with Gasteiger partial charge in [0.25, 0.3) is 0 Å². The van der Waals surface area contributed by atoms with Crippen LogP contribution in [0.15, 0.2) is 24.3 Å². The summed E-state index contributed by atoms with van der Waals surface area (Å²) in [7, 11) is -0.370. The van der Waals surface area contributed by atoms with Crippen LogP contribution in [0.5, 0.6) is 0 Å². The van der Waals surface area contributed by atoms with Crippen molar-refractivity contribution in [2.24, 2.45) is 11.1 Å². The first-order valence-electron chi connectivity index (χ1n) is 8.40. The molecule has 23 heavy (non-hydrogen) atoms. The summed E-state index contributed by atoms with van der Waals surface area (Å²) in [4.78, 5) is 11.8. The Balaban J connectivity index is 1.80. The third-order valence-corrected chi connectivity index (χ3v) is 5.85. The summed E-state index contributed by atoms with van der Waals surface area (Å²) >= 11 is 0. The number of amides is 1. The maximum Gasteiger partial charge on any atom is 0.494 e. The molecule has 3 rings (SSSR count). The minimum atomic E-state index is -0.370. The lowest BCUT2D eigenvalue weighted by Gasteiger charge is -2.39. The van der Waals surface area contributed by atoms with Crippen LogP contribution in [-0.4, -0.2) is 24.2 Å². The van der Waals surface area contributed by atoms with Gasteiger partial charge in [-0.05, 0) is 58.0 Å². The quantitative estimate of drug-likeness (QED) is 0.866. The molecule has 0 spiro atoms. The van der Waals surface area contributed by atoms with E-state index in [4.69, 9.17) is 15.0 Å². The van der Waals surface area contributed by atoms with Gasteiger partial charge in [-0.3, -0.25) is 4.79 Å². The molecular formula is C18H26BNO3. The molecule has 0 aromatic heterocycles. The van der Waals surface area contributed by atoms with Crippen molar-refractivity contribution in [2.75, 3.05) is 0 Å². The van der Waals surface area contributed by atoms with Crippen LogP contribution in [0.25, 0.3) is 0 Å². The molecule has 4 nitrogen and oxygen atoms in total. The lowest BCUT2D eigenvalue weighted by molar-refractivity contribution is -0.132. The first kappa shape index (κ1) is 16.5. The second-order valence-electron chi connectivity index (χ2n) is 8.01. The van der Waals surface area contributed by atoms with Crippen molar-refractivity contribution in [3.05, 3.63) is 29.8 Å². The number of carbonyl (C=O) groups is 1. The Morgan fingerprint density at radius 1 is 1.17 bits per heavy atom. The smallest absolute Gasteiger partial charge is 0.399 e. The van der Waals surface area contributed by atoms with E-state index >= 15 is 0 Å². The molecule has 1 saturated heterocycles. The Labute approximate surface area is 138 Å². The van der Waals surface area contributed by atoms with Gasteiger partial charge in [0.2, 0.25) is 5.91 Å². The van der Waals surface area contributed by atoms with E-state index in [1.54, 1.807) is 0 Å². The zero-order valence-electron chi connectivity index (χ0n) is 14.5. The van der Waals surface area contributed by atoms with E-state index in [2.05, 4.69) is 12.1 Å². The summed E-state index contributed by atoms with van der Waals surface area (Å²) in [5.74, 6) is -0.176. The molecule has 1 aliphatic heterocycles. The second-order valence-corrected chi connectivity index (χ2v) is 8.01. The van der Waals surface area contributed by atoms with Crippen LogP contribution in [0.3, 0.4) is 0 Å². The van der Waals surface area contributed by atoms with E-state index in [-0.39, 0.29) is 29.6 Å². The monoisotopic (exact) mass is 315 g/mol. The van der Waals surface area contributed by atoms with Crippen molar-refractivity contribution in [1.82, 2.24) is 0 Å². The number of primary amides is 1. The van der Waals surface area contributed by atoms with Gasteiger partial charge in [0, 0.05) is 0 Å². The normalized spacial score (nSPS) is 24.3. The summed E-state index contributed by atoms with van der Waals surface area (Å²) in [5, 5.41) is 0. The summed E-state index contributed by atoms with van der Waals surface area (Å²) in [6, 6.07) is 8.16. The molecule has 1 heterocycles. The molecule has 0 radical (unpaired) electrons. The predicted octanol–water partition coefficient (Wildman–Crippen LogP) is 2.18. The lowest BCUT2D eigenvalue weighted by atomic mass is 9.64. The first-order valence-corrected chi connectivity index (χ1v) is 8.40. The fourth-order valence-electron chi connectivity index (χ4n) is 3.33. The summed E-state index contributed by atoms with van der Waals surface area (Å²) in [6.07, 6.45) is 3.57. The van der Waals surface area contributed by atoms with Gasteiger partial charge in [0.1, 0.15) is 0 Å². The molecule has 2 aliphatic rings. The van der Waals surface area contributed by atoms with Gasteiger partial charge < -0.3 is 15.0 Å². The number of hydrogen-bond donors (Lipinski definition) is 1. The molecule has 2 N–H and O–H groups in total. The third kappa shape index (κ3) is 2.81. The van der Waals surface area contributed by atoms with Crippen molar-refractivity contribution < 1.29 is 14.1 Å². The molecule has 1 aliphatic carbocycles. The van der Waals surface area contributed by atoms with Crippen molar-refractivity contribution in [1.29, 1.82) is 0 Å². The zero-order valence-corrected chi connectivity index (χ0v) is 14.5. The molecule has 1 saturated carbocycles. The van der Waals surface area contributed by atoms with Crippen LogP contribution in [0, 0.1) is 5.41 Å². The number of nitrogens with two attached hydrogens (primary N) is 1. The number of rotatable bonds is 4. The van der Waals surface area contributed by atoms with Gasteiger partial charge in [-0.15, -0.1) is 0 Å². The van der Waals surface area contributed by atoms with Crippen LogP contribution >= 0.6 is 0 Å². The standard InChI is InChI=1S/C18H26BNO3/c1-16(2)17(3,4)23-19(22-16)14-8-5-7-13(11-14)12-18(15(20)21)9-6-10-18/h5,7-8,11H,6,9-10,12H2,1-4H3,(H2,20,21). The Hall–Kier alpha value is -1.33. The highest BCUT2D eigenvalue weighted by Crippen LogP contribution is 2.43. The molecule has 124 valence electrons. The molecule has 1 aromatic carbocycles. The Kier molecular flexibility index (Phi) is 3.85. The molecule has 0 bridgehead atoms. The van der Waals surface area contributed by atoms with E-state index in [1.165, 1.54) is 0 Å². The molecule has 2 fully saturated rings. The number of hydrogen-bond acceptors (Lipinski definition) is 3. The second kappa shape index (κ2) is 5.35. The molecule has 1 amide bonds. The zero-order chi connectivity index (χ0) is 16.9. The van der Waals surface area contributed by atoms with Crippen LogP contribution in [-0.2, 0) is 20.5 Å². The van der Waals surface area contributed by atoms with Crippen molar-refractivity contribution in [3.63, 3.8) is 0 Å². The first-order chi connectivity index (χ1) is 10.7. The van der Waals surface area contributed by atoms with Crippen molar-refractivity contribution in [2.45, 2.75) is 64.6 Å². The van der Waals surface area contributed by atoms with Gasteiger partial charge >= 0.3 is 7.12 Å². The van der Waals surface area contributed by atoms with Gasteiger partial charge in [0.05, 0.1) is 16.6 Å². The summed E-state index contributed by atoms with van der Waals surface area (Å²) in [5.41, 5.74) is 6.69. The highest BCUT2D eigenvalue weighted by atomic mass is 16.7. The highest BCUT2D eigenvalue weighted by molar-refractivity contribution is 6.62. The molecular weight excluding hydrogens is 289 g/mol. The van der Waals surface area contributed by atoms with Crippen LogP contribution in [0.2, 0.25) is 0 Å². The number of benzene rings is 1. The van der Waals surface area contributed by atoms with E-state index in [1.807, 2.05) is 39.8 Å². The van der Waals surface area contributed by atoms with Gasteiger partial charge in [-0.1, -0.05) is 30.7 Å². The number of carbonyl (C=O) groups excluding carboxylic acids is 1. The minimum absolute atomic E-state index is 0.176. The van der Waals surface area contributed by atoms with Crippen LogP contribution in [0.4, 0.5) is 0 Å². The Bertz CT molecular complexity index is 606. The van der Waals surface area contributed by atoms with Crippen LogP contribution < -0.4 is 11.2 Å². The molecule has 5 heteroatoms. The molecule has 0 unspecified atom stereocenters. The average molecular weight is 315 g/mol. The Morgan fingerprint density at radius 3 is 2.26 bits per heavy atom. The molecule has 0 atom stereocenters. The van der Waals surface area contributed by atoms with Crippen LogP contribution in [0.1, 0.15) is 52.5 Å². The van der Waals surface area contributed by atoms with Gasteiger partial charge in [0.15, 0.2) is 0 Å². The van der Waals surface area contributed by atoms with Crippen molar-refractivity contribution in [3.8, 4) is 0 Å². The van der Waals surface area contributed by atoms with Gasteiger partial charge in [-0.2, -0.15) is 0 Å².